The van der Waals surface area contributed by atoms with Crippen LogP contribution in [0.3, 0.4) is 0 Å². The Kier molecular flexibility index (Phi) is 8.88. The monoisotopic (exact) mass is 828 g/mol. The van der Waals surface area contributed by atoms with E-state index in [9.17, 15) is 10.2 Å². The number of aromatic nitrogens is 1. The molecule has 0 amide bonds. The smallest absolute Gasteiger partial charge is 0.177 e. The minimum Gasteiger partial charge on any atom is -0.506 e. The zero-order valence-electron chi connectivity index (χ0n) is 30.9. The summed E-state index contributed by atoms with van der Waals surface area (Å²) in [6.07, 6.45) is 0. The number of nitrogens with zero attached hydrogens (tertiary/aromatic N) is 2. The Bertz CT molecular complexity index is 3340. The summed E-state index contributed by atoms with van der Waals surface area (Å²) in [4.78, 5) is 9.91. The minimum absolute atomic E-state index is 0.107. The quantitative estimate of drug-likeness (QED) is 0.0932. The molecule has 0 bridgehead atoms. The van der Waals surface area contributed by atoms with Gasteiger partial charge in [0.25, 0.3) is 0 Å². The molecular weight excluding hydrogens is 798 g/mol. The summed E-state index contributed by atoms with van der Waals surface area (Å²) < 4.78 is 45.1. The first kappa shape index (κ1) is 36.6. The van der Waals surface area contributed by atoms with E-state index in [1.54, 1.807) is 72.8 Å². The fourth-order valence-corrected chi connectivity index (χ4v) is 13.8. The summed E-state index contributed by atoms with van der Waals surface area (Å²) in [7, 11) is -7.61. The van der Waals surface area contributed by atoms with Crippen LogP contribution in [-0.4, -0.2) is 15.2 Å². The Morgan fingerprint density at radius 1 is 0.525 bits per heavy atom. The maximum absolute atomic E-state index is 16.2. The molecule has 2 aromatic heterocycles. The fraction of sp³-hybridized carbons (Fsp3) is 0. The Morgan fingerprint density at radius 3 is 1.63 bits per heavy atom. The van der Waals surface area contributed by atoms with E-state index in [1.165, 1.54) is 6.07 Å². The SMILES string of the molecule is O=P(c1ccccc1)(c1ccccc1)c1c(O)c(Cl)cc(O)c1N=c1ccc2c(c1)oc1c(P(=O)(c3ccccc3)c3ccccc3)c3nc4ccccc4oc3cc12. The summed E-state index contributed by atoms with van der Waals surface area (Å²) >= 11 is 6.49. The second-order valence-corrected chi connectivity index (χ2v) is 19.8. The lowest BCUT2D eigenvalue weighted by atomic mass is 10.1. The molecule has 0 aliphatic carbocycles. The number of hydrogen-bond donors (Lipinski definition) is 2. The van der Waals surface area contributed by atoms with Crippen LogP contribution in [0.5, 0.6) is 11.5 Å². The molecular formula is C48H31ClN2O6P2. The van der Waals surface area contributed by atoms with Gasteiger partial charge < -0.3 is 28.2 Å². The topological polar surface area (TPSA) is 126 Å². The van der Waals surface area contributed by atoms with Crippen LogP contribution in [0.1, 0.15) is 0 Å². The van der Waals surface area contributed by atoms with Gasteiger partial charge in [-0.1, -0.05) is 145 Å². The zero-order chi connectivity index (χ0) is 40.3. The molecule has 2 heterocycles. The van der Waals surface area contributed by atoms with Crippen LogP contribution < -0.4 is 37.2 Å². The highest BCUT2D eigenvalue weighted by atomic mass is 35.5. The van der Waals surface area contributed by atoms with E-state index in [0.717, 1.165) is 0 Å². The molecule has 0 spiro atoms. The number of fused-ring (bicyclic) bond motifs is 5. The number of phenols is 2. The summed E-state index contributed by atoms with van der Waals surface area (Å²) in [6, 6.07) is 51.8. The first-order valence-corrected chi connectivity index (χ1v) is 22.5. The lowest BCUT2D eigenvalue weighted by molar-refractivity contribution is 0.464. The molecule has 286 valence electrons. The summed E-state index contributed by atoms with van der Waals surface area (Å²) in [5.41, 5.74) is 2.64. The van der Waals surface area contributed by atoms with E-state index in [1.807, 2.05) is 97.1 Å². The second kappa shape index (κ2) is 14.3. The maximum Gasteiger partial charge on any atom is 0.177 e. The highest BCUT2D eigenvalue weighted by Gasteiger charge is 2.38. The van der Waals surface area contributed by atoms with Crippen molar-refractivity contribution in [3.8, 4) is 11.5 Å². The first-order chi connectivity index (χ1) is 28.7. The van der Waals surface area contributed by atoms with Crippen molar-refractivity contribution in [2.45, 2.75) is 0 Å². The lowest BCUT2D eigenvalue weighted by Crippen LogP contribution is -2.26. The molecule has 0 unspecified atom stereocenters. The zero-order valence-corrected chi connectivity index (χ0v) is 33.5. The molecule has 0 radical (unpaired) electrons. The Labute approximate surface area is 342 Å². The molecule has 59 heavy (non-hydrogen) atoms. The molecule has 0 atom stereocenters. The van der Waals surface area contributed by atoms with Crippen molar-refractivity contribution in [3.05, 3.63) is 186 Å². The largest absolute Gasteiger partial charge is 0.506 e. The van der Waals surface area contributed by atoms with Gasteiger partial charge in [0.1, 0.15) is 39.4 Å². The Morgan fingerprint density at radius 2 is 1.05 bits per heavy atom. The van der Waals surface area contributed by atoms with Crippen LogP contribution in [0, 0.1) is 0 Å². The number of furan rings is 1. The van der Waals surface area contributed by atoms with E-state index in [0.29, 0.717) is 76.0 Å². The van der Waals surface area contributed by atoms with Gasteiger partial charge in [0, 0.05) is 44.1 Å². The fourth-order valence-electron chi connectivity index (χ4n) is 7.78. The van der Waals surface area contributed by atoms with Crippen LogP contribution >= 0.6 is 25.9 Å². The van der Waals surface area contributed by atoms with E-state index in [4.69, 9.17) is 30.4 Å². The predicted molar refractivity (Wildman–Crippen MR) is 238 cm³/mol. The van der Waals surface area contributed by atoms with E-state index < -0.39 is 20.0 Å². The van der Waals surface area contributed by atoms with Crippen molar-refractivity contribution >= 4 is 108 Å². The summed E-state index contributed by atoms with van der Waals surface area (Å²) in [6.45, 7) is 0. The van der Waals surface area contributed by atoms with Gasteiger partial charge in [0.05, 0.1) is 21.0 Å². The number of halogens is 1. The second-order valence-electron chi connectivity index (χ2n) is 14.0. The molecule has 0 aliphatic heterocycles. The van der Waals surface area contributed by atoms with Crippen molar-refractivity contribution in [1.82, 2.24) is 4.98 Å². The van der Waals surface area contributed by atoms with Gasteiger partial charge in [-0.3, -0.25) is 0 Å². The number of phenolic OH excluding ortho intramolecular Hbond substituents is 2. The maximum atomic E-state index is 16.2. The molecule has 11 heteroatoms. The van der Waals surface area contributed by atoms with E-state index in [2.05, 4.69) is 0 Å². The van der Waals surface area contributed by atoms with Crippen molar-refractivity contribution in [3.63, 3.8) is 0 Å². The third-order valence-corrected chi connectivity index (χ3v) is 17.0. The highest BCUT2D eigenvalue weighted by Crippen LogP contribution is 2.52. The van der Waals surface area contributed by atoms with Crippen LogP contribution in [0.15, 0.2) is 190 Å². The van der Waals surface area contributed by atoms with Crippen molar-refractivity contribution in [1.29, 1.82) is 0 Å². The van der Waals surface area contributed by atoms with E-state index in [-0.39, 0.29) is 21.8 Å². The lowest BCUT2D eigenvalue weighted by Gasteiger charge is -2.23. The first-order valence-electron chi connectivity index (χ1n) is 18.7. The number of benzene rings is 8. The summed E-state index contributed by atoms with van der Waals surface area (Å²) in [5.74, 6) is -0.832. The number of hydrogen-bond acceptors (Lipinski definition) is 8. The van der Waals surface area contributed by atoms with Gasteiger partial charge in [-0.05, 0) is 30.3 Å². The van der Waals surface area contributed by atoms with Crippen LogP contribution in [-0.2, 0) is 9.13 Å². The van der Waals surface area contributed by atoms with Gasteiger partial charge >= 0.3 is 0 Å². The molecule has 0 fully saturated rings. The number of para-hydroxylation sites is 2. The highest BCUT2D eigenvalue weighted by molar-refractivity contribution is 7.86. The van der Waals surface area contributed by atoms with Crippen LogP contribution in [0.2, 0.25) is 5.02 Å². The Hall–Kier alpha value is -6.69. The van der Waals surface area contributed by atoms with Gasteiger partial charge in [-0.15, -0.1) is 0 Å². The van der Waals surface area contributed by atoms with E-state index >= 15 is 9.13 Å². The van der Waals surface area contributed by atoms with Crippen molar-refractivity contribution in [2.75, 3.05) is 0 Å². The van der Waals surface area contributed by atoms with Gasteiger partial charge in [-0.25, -0.2) is 9.98 Å². The number of rotatable bonds is 7. The van der Waals surface area contributed by atoms with Gasteiger partial charge in [0.2, 0.25) is 0 Å². The molecule has 10 aromatic rings. The predicted octanol–water partition coefficient (Wildman–Crippen LogP) is 9.46. The normalized spacial score (nSPS) is 12.5. The average molecular weight is 829 g/mol. The van der Waals surface area contributed by atoms with Gasteiger partial charge in [0.15, 0.2) is 25.4 Å². The van der Waals surface area contributed by atoms with Crippen LogP contribution in [0.4, 0.5) is 5.69 Å². The molecule has 0 saturated carbocycles. The van der Waals surface area contributed by atoms with Crippen LogP contribution in [0.25, 0.3) is 44.1 Å². The Balaban J connectivity index is 1.28. The standard InChI is InChI=1S/C48H31ClN2O6P2/c49-37-29-39(52)43(47(45(37)53)58(54,31-15-5-1-6-16-31)32-17-7-2-8-18-32)50-30-25-26-35-36-28-42-44(51-38-23-13-14-24-40(38)56-42)48(46(36)57-41(35)27-30)59(55,33-19-9-3-10-20-33)34-21-11-4-12-22-34/h1-29,52-53H. The number of aromatic hydroxyl groups is 2. The average Bonchev–Trinajstić information content (AvgIpc) is 3.64. The molecule has 8 aromatic carbocycles. The van der Waals surface area contributed by atoms with Crippen molar-refractivity contribution < 1.29 is 28.2 Å². The third kappa shape index (κ3) is 5.91. The molecule has 0 aliphatic rings. The molecule has 10 rings (SSSR count). The summed E-state index contributed by atoms with van der Waals surface area (Å²) in [5, 5.41) is 26.9. The van der Waals surface area contributed by atoms with Gasteiger partial charge in [-0.2, -0.15) is 0 Å². The molecule has 2 N–H and O–H groups in total. The van der Waals surface area contributed by atoms with Crippen molar-refractivity contribution in [2.24, 2.45) is 4.99 Å². The molecule has 8 nitrogen and oxygen atoms in total. The third-order valence-electron chi connectivity index (χ3n) is 10.5. The molecule has 0 saturated heterocycles. The minimum atomic E-state index is -3.90.